The predicted octanol–water partition coefficient (Wildman–Crippen LogP) is 2.34. The average Bonchev–Trinajstić information content (AvgIpc) is 1.82. The highest BCUT2D eigenvalue weighted by atomic mass is 79.9. The van der Waals surface area contributed by atoms with Crippen LogP contribution in [-0.2, 0) is 0 Å². The van der Waals surface area contributed by atoms with Gasteiger partial charge in [-0.3, -0.25) is 0 Å². The molecule has 0 aliphatic carbocycles. The van der Waals surface area contributed by atoms with Gasteiger partial charge in [-0.25, -0.2) is 9.37 Å². The first-order valence-corrected chi connectivity index (χ1v) is 3.49. The standard InChI is InChI=1S/C5H2BrClFNO/c6-3-1-2(8)4(10)5(7)9-3/h1,10H. The molecule has 54 valence electrons. The van der Waals surface area contributed by atoms with Gasteiger partial charge in [0.2, 0.25) is 0 Å². The van der Waals surface area contributed by atoms with Gasteiger partial charge in [0.1, 0.15) is 4.60 Å². The summed E-state index contributed by atoms with van der Waals surface area (Å²) in [6.07, 6.45) is 0. The molecule has 0 bridgehead atoms. The van der Waals surface area contributed by atoms with Gasteiger partial charge in [0, 0.05) is 6.07 Å². The molecular formula is C5H2BrClFNO. The second kappa shape index (κ2) is 2.72. The summed E-state index contributed by atoms with van der Waals surface area (Å²) >= 11 is 8.19. The fourth-order valence-electron chi connectivity index (χ4n) is 0.450. The van der Waals surface area contributed by atoms with Gasteiger partial charge in [-0.2, -0.15) is 0 Å². The maximum absolute atomic E-state index is 12.4. The Kier molecular flexibility index (Phi) is 2.11. The third-order valence-corrected chi connectivity index (χ3v) is 1.54. The quantitative estimate of drug-likeness (QED) is 0.689. The molecule has 0 aromatic carbocycles. The van der Waals surface area contributed by atoms with E-state index >= 15 is 0 Å². The number of aromatic nitrogens is 1. The van der Waals surface area contributed by atoms with Crippen molar-refractivity contribution < 1.29 is 9.50 Å². The summed E-state index contributed by atoms with van der Waals surface area (Å²) in [5.41, 5.74) is 0. The van der Waals surface area contributed by atoms with Crippen LogP contribution < -0.4 is 0 Å². The molecule has 5 heteroatoms. The Morgan fingerprint density at radius 1 is 1.70 bits per heavy atom. The minimum atomic E-state index is -0.785. The number of pyridine rings is 1. The minimum absolute atomic E-state index is 0.244. The van der Waals surface area contributed by atoms with Crippen molar-refractivity contribution in [2.24, 2.45) is 0 Å². The second-order valence-electron chi connectivity index (χ2n) is 1.57. The van der Waals surface area contributed by atoms with Crippen molar-refractivity contribution in [1.29, 1.82) is 0 Å². The van der Waals surface area contributed by atoms with Crippen molar-refractivity contribution in [3.63, 3.8) is 0 Å². The lowest BCUT2D eigenvalue weighted by Crippen LogP contribution is -1.82. The Balaban J connectivity index is 3.31. The van der Waals surface area contributed by atoms with Crippen molar-refractivity contribution in [3.8, 4) is 5.75 Å². The Morgan fingerprint density at radius 3 is 2.80 bits per heavy atom. The zero-order valence-electron chi connectivity index (χ0n) is 4.61. The van der Waals surface area contributed by atoms with Gasteiger partial charge in [-0.05, 0) is 15.9 Å². The van der Waals surface area contributed by atoms with E-state index in [9.17, 15) is 4.39 Å². The number of hydrogen-bond donors (Lipinski definition) is 1. The Bertz CT molecular complexity index is 245. The molecule has 0 aliphatic heterocycles. The molecule has 1 N–H and O–H groups in total. The number of halogens is 3. The van der Waals surface area contributed by atoms with Crippen LogP contribution >= 0.6 is 27.5 Å². The van der Waals surface area contributed by atoms with Gasteiger partial charge >= 0.3 is 0 Å². The van der Waals surface area contributed by atoms with Crippen LogP contribution in [0.1, 0.15) is 0 Å². The summed E-state index contributed by atoms with van der Waals surface area (Å²) in [4.78, 5) is 3.53. The lowest BCUT2D eigenvalue weighted by atomic mass is 10.4. The summed E-state index contributed by atoms with van der Waals surface area (Å²) in [5, 5.41) is 8.50. The van der Waals surface area contributed by atoms with Crippen molar-refractivity contribution in [2.75, 3.05) is 0 Å². The molecule has 1 heterocycles. The summed E-state index contributed by atoms with van der Waals surface area (Å²) in [5.74, 6) is -1.41. The Morgan fingerprint density at radius 2 is 2.30 bits per heavy atom. The summed E-state index contributed by atoms with van der Waals surface area (Å²) in [6.45, 7) is 0. The molecule has 0 saturated heterocycles. The van der Waals surface area contributed by atoms with Crippen LogP contribution in [0.15, 0.2) is 10.7 Å². The maximum atomic E-state index is 12.4. The monoisotopic (exact) mass is 225 g/mol. The fourth-order valence-corrected chi connectivity index (χ4v) is 1.11. The average molecular weight is 226 g/mol. The van der Waals surface area contributed by atoms with Crippen molar-refractivity contribution >= 4 is 27.5 Å². The molecular weight excluding hydrogens is 224 g/mol. The van der Waals surface area contributed by atoms with Gasteiger partial charge in [-0.15, -0.1) is 0 Å². The normalized spacial score (nSPS) is 9.90. The van der Waals surface area contributed by atoms with Crippen LogP contribution in [0.2, 0.25) is 5.15 Å². The van der Waals surface area contributed by atoms with Crippen LogP contribution in [0.4, 0.5) is 4.39 Å². The van der Waals surface area contributed by atoms with E-state index in [0.717, 1.165) is 6.07 Å². The molecule has 10 heavy (non-hydrogen) atoms. The zero-order chi connectivity index (χ0) is 7.72. The first-order valence-electron chi connectivity index (χ1n) is 2.32. The van der Waals surface area contributed by atoms with Crippen LogP contribution in [0.5, 0.6) is 5.75 Å². The molecule has 1 aromatic rings. The molecule has 0 atom stereocenters. The van der Waals surface area contributed by atoms with Crippen LogP contribution in [0.25, 0.3) is 0 Å². The zero-order valence-corrected chi connectivity index (χ0v) is 6.95. The van der Waals surface area contributed by atoms with E-state index in [0.29, 0.717) is 0 Å². The highest BCUT2D eigenvalue weighted by Gasteiger charge is 2.07. The number of aromatic hydroxyl groups is 1. The van der Waals surface area contributed by atoms with Crippen LogP contribution in [-0.4, -0.2) is 10.1 Å². The van der Waals surface area contributed by atoms with E-state index in [1.165, 1.54) is 0 Å². The Hall–Kier alpha value is -0.350. The van der Waals surface area contributed by atoms with Crippen molar-refractivity contribution in [2.45, 2.75) is 0 Å². The van der Waals surface area contributed by atoms with E-state index in [2.05, 4.69) is 20.9 Å². The smallest absolute Gasteiger partial charge is 0.189 e. The van der Waals surface area contributed by atoms with Crippen molar-refractivity contribution in [3.05, 3.63) is 21.6 Å². The first-order chi connectivity index (χ1) is 4.61. The van der Waals surface area contributed by atoms with Crippen LogP contribution in [0.3, 0.4) is 0 Å². The summed E-state index contributed by atoms with van der Waals surface area (Å²) < 4.78 is 12.7. The predicted molar refractivity (Wildman–Crippen MR) is 38.6 cm³/mol. The molecule has 0 unspecified atom stereocenters. The maximum Gasteiger partial charge on any atom is 0.189 e. The van der Waals surface area contributed by atoms with Gasteiger partial charge in [0.25, 0.3) is 0 Å². The number of nitrogens with zero attached hydrogens (tertiary/aromatic N) is 1. The van der Waals surface area contributed by atoms with E-state index in [1.807, 2.05) is 0 Å². The van der Waals surface area contributed by atoms with Crippen LogP contribution in [0, 0.1) is 5.82 Å². The highest BCUT2D eigenvalue weighted by molar-refractivity contribution is 9.10. The van der Waals surface area contributed by atoms with E-state index in [1.54, 1.807) is 0 Å². The molecule has 0 radical (unpaired) electrons. The van der Waals surface area contributed by atoms with E-state index in [4.69, 9.17) is 16.7 Å². The molecule has 1 aromatic heterocycles. The third kappa shape index (κ3) is 1.38. The number of hydrogen-bond acceptors (Lipinski definition) is 2. The minimum Gasteiger partial charge on any atom is -0.503 e. The van der Waals surface area contributed by atoms with Crippen molar-refractivity contribution in [1.82, 2.24) is 4.98 Å². The topological polar surface area (TPSA) is 33.1 Å². The van der Waals surface area contributed by atoms with E-state index in [-0.39, 0.29) is 9.76 Å². The molecule has 1 rings (SSSR count). The first kappa shape index (κ1) is 7.75. The molecule has 0 amide bonds. The number of rotatable bonds is 0. The molecule has 2 nitrogen and oxygen atoms in total. The second-order valence-corrected chi connectivity index (χ2v) is 2.74. The lowest BCUT2D eigenvalue weighted by Gasteiger charge is -1.96. The fraction of sp³-hybridized carbons (Fsp3) is 0. The van der Waals surface area contributed by atoms with Gasteiger partial charge < -0.3 is 5.11 Å². The molecule has 0 aliphatic rings. The summed E-state index contributed by atoms with van der Waals surface area (Å²) in [6, 6.07) is 1.03. The van der Waals surface area contributed by atoms with Gasteiger partial charge in [0.05, 0.1) is 0 Å². The lowest BCUT2D eigenvalue weighted by molar-refractivity contribution is 0.429. The van der Waals surface area contributed by atoms with Gasteiger partial charge in [-0.1, -0.05) is 11.6 Å². The highest BCUT2D eigenvalue weighted by Crippen LogP contribution is 2.26. The van der Waals surface area contributed by atoms with Gasteiger partial charge in [0.15, 0.2) is 16.7 Å². The Labute approximate surface area is 69.8 Å². The SMILES string of the molecule is Oc1c(F)cc(Br)nc1Cl. The molecule has 0 saturated carbocycles. The third-order valence-electron chi connectivity index (χ3n) is 0.872. The largest absolute Gasteiger partial charge is 0.503 e. The summed E-state index contributed by atoms with van der Waals surface area (Å²) in [7, 11) is 0. The molecule has 0 spiro atoms. The van der Waals surface area contributed by atoms with E-state index < -0.39 is 11.6 Å². The molecule has 0 fully saturated rings.